The number of rotatable bonds is 4. The average Bonchev–Trinajstić information content (AvgIpc) is 2.92. The van der Waals surface area contributed by atoms with Crippen molar-refractivity contribution in [3.8, 4) is 0 Å². The third-order valence-electron chi connectivity index (χ3n) is 2.84. The average molecular weight is 230 g/mol. The van der Waals surface area contributed by atoms with Crippen molar-refractivity contribution in [3.05, 3.63) is 15.6 Å². The number of alkyl halides is 1. The second kappa shape index (κ2) is 4.19. The van der Waals surface area contributed by atoms with Crippen molar-refractivity contribution < 1.29 is 0 Å². The number of thiazole rings is 1. The lowest BCUT2D eigenvalue weighted by Crippen LogP contribution is -2.02. The first-order chi connectivity index (χ1) is 6.66. The Morgan fingerprint density at radius 3 is 2.71 bits per heavy atom. The van der Waals surface area contributed by atoms with Gasteiger partial charge in [0.05, 0.1) is 10.7 Å². The van der Waals surface area contributed by atoms with E-state index >= 15 is 0 Å². The maximum atomic E-state index is 6.25. The molecule has 0 spiro atoms. The lowest BCUT2D eigenvalue weighted by Gasteiger charge is -2.04. The lowest BCUT2D eigenvalue weighted by atomic mass is 10.2. The van der Waals surface area contributed by atoms with E-state index in [0.29, 0.717) is 5.38 Å². The Morgan fingerprint density at radius 2 is 2.21 bits per heavy atom. The standard InChI is InChI=1S/C11H16ClNS/c1-7-8(2)14-11(13-7)6-5-10(12)9-3-4-9/h9-10H,3-6H2,1-2H3. The minimum Gasteiger partial charge on any atom is -0.246 e. The van der Waals surface area contributed by atoms with E-state index in [1.54, 1.807) is 0 Å². The Bertz CT molecular complexity index is 298. The fourth-order valence-corrected chi connectivity index (χ4v) is 2.91. The summed E-state index contributed by atoms with van der Waals surface area (Å²) in [6, 6.07) is 0. The van der Waals surface area contributed by atoms with Gasteiger partial charge in [-0.25, -0.2) is 4.98 Å². The number of halogens is 1. The van der Waals surface area contributed by atoms with E-state index < -0.39 is 0 Å². The summed E-state index contributed by atoms with van der Waals surface area (Å²) in [6.45, 7) is 4.21. The molecule has 0 N–H and O–H groups in total. The van der Waals surface area contributed by atoms with E-state index in [2.05, 4.69) is 18.8 Å². The number of nitrogens with zero attached hydrogens (tertiary/aromatic N) is 1. The van der Waals surface area contributed by atoms with Crippen LogP contribution in [-0.4, -0.2) is 10.4 Å². The zero-order chi connectivity index (χ0) is 10.1. The van der Waals surface area contributed by atoms with Gasteiger partial charge in [-0.3, -0.25) is 0 Å². The Hall–Kier alpha value is -0.0800. The largest absolute Gasteiger partial charge is 0.246 e. The fraction of sp³-hybridized carbons (Fsp3) is 0.727. The molecule has 0 radical (unpaired) electrons. The lowest BCUT2D eigenvalue weighted by molar-refractivity contribution is 0.674. The summed E-state index contributed by atoms with van der Waals surface area (Å²) in [5.41, 5.74) is 1.18. The summed E-state index contributed by atoms with van der Waals surface area (Å²) in [5, 5.41) is 1.64. The topological polar surface area (TPSA) is 12.9 Å². The van der Waals surface area contributed by atoms with Crippen LogP contribution in [0.15, 0.2) is 0 Å². The summed E-state index contributed by atoms with van der Waals surface area (Å²) in [6.07, 6.45) is 4.83. The Balaban J connectivity index is 1.84. The molecule has 1 aromatic rings. The Labute approximate surface area is 94.5 Å². The summed E-state index contributed by atoms with van der Waals surface area (Å²) in [4.78, 5) is 5.87. The number of aromatic nitrogens is 1. The smallest absolute Gasteiger partial charge is 0.0931 e. The third kappa shape index (κ3) is 2.48. The molecule has 3 heteroatoms. The van der Waals surface area contributed by atoms with Gasteiger partial charge in [0.2, 0.25) is 0 Å². The first kappa shape index (κ1) is 10.4. The quantitative estimate of drug-likeness (QED) is 0.718. The van der Waals surface area contributed by atoms with Gasteiger partial charge in [0.1, 0.15) is 0 Å². The van der Waals surface area contributed by atoms with Gasteiger partial charge in [-0.1, -0.05) is 0 Å². The molecule has 14 heavy (non-hydrogen) atoms. The van der Waals surface area contributed by atoms with Crippen LogP contribution in [0.25, 0.3) is 0 Å². The van der Waals surface area contributed by atoms with Gasteiger partial charge in [0.15, 0.2) is 0 Å². The molecule has 0 saturated heterocycles. The predicted octanol–water partition coefficient (Wildman–Crippen LogP) is 3.71. The molecule has 78 valence electrons. The summed E-state index contributed by atoms with van der Waals surface area (Å²) < 4.78 is 0. The Morgan fingerprint density at radius 1 is 1.50 bits per heavy atom. The van der Waals surface area contributed by atoms with Gasteiger partial charge in [-0.15, -0.1) is 22.9 Å². The van der Waals surface area contributed by atoms with Crippen molar-refractivity contribution in [2.45, 2.75) is 44.9 Å². The van der Waals surface area contributed by atoms with Gasteiger partial charge in [0, 0.05) is 16.7 Å². The molecule has 0 amide bonds. The minimum absolute atomic E-state index is 0.388. The van der Waals surface area contributed by atoms with Crippen LogP contribution in [0.3, 0.4) is 0 Å². The summed E-state index contributed by atoms with van der Waals surface area (Å²) in [7, 11) is 0. The number of hydrogen-bond donors (Lipinski definition) is 0. The highest BCUT2D eigenvalue weighted by atomic mass is 35.5. The highest BCUT2D eigenvalue weighted by Gasteiger charge is 2.29. The molecule has 0 aromatic carbocycles. The molecule has 2 rings (SSSR count). The molecule has 0 aliphatic heterocycles. The highest BCUT2D eigenvalue weighted by molar-refractivity contribution is 7.11. The molecule has 1 aliphatic rings. The molecule has 1 aliphatic carbocycles. The SMILES string of the molecule is Cc1nc(CCC(Cl)C2CC2)sc1C. The van der Waals surface area contributed by atoms with Crippen LogP contribution in [0.5, 0.6) is 0 Å². The summed E-state index contributed by atoms with van der Waals surface area (Å²) >= 11 is 8.07. The van der Waals surface area contributed by atoms with Crippen LogP contribution in [0.2, 0.25) is 0 Å². The maximum Gasteiger partial charge on any atom is 0.0931 e. The fourth-order valence-electron chi connectivity index (χ4n) is 1.60. The van der Waals surface area contributed by atoms with Crippen LogP contribution < -0.4 is 0 Å². The van der Waals surface area contributed by atoms with Crippen LogP contribution in [0, 0.1) is 19.8 Å². The van der Waals surface area contributed by atoms with Crippen molar-refractivity contribution >= 4 is 22.9 Å². The van der Waals surface area contributed by atoms with Crippen molar-refractivity contribution in [1.29, 1.82) is 0 Å². The van der Waals surface area contributed by atoms with Gasteiger partial charge in [0.25, 0.3) is 0 Å². The second-order valence-corrected chi connectivity index (χ2v) is 5.99. The third-order valence-corrected chi connectivity index (χ3v) is 4.55. The van der Waals surface area contributed by atoms with E-state index in [-0.39, 0.29) is 0 Å². The van der Waals surface area contributed by atoms with Gasteiger partial charge >= 0.3 is 0 Å². The van der Waals surface area contributed by atoms with E-state index in [0.717, 1.165) is 18.8 Å². The van der Waals surface area contributed by atoms with Crippen molar-refractivity contribution in [2.75, 3.05) is 0 Å². The molecule has 1 saturated carbocycles. The maximum absolute atomic E-state index is 6.25. The monoisotopic (exact) mass is 229 g/mol. The molecule has 1 heterocycles. The van der Waals surface area contributed by atoms with Crippen LogP contribution >= 0.6 is 22.9 Å². The highest BCUT2D eigenvalue weighted by Crippen LogP contribution is 2.37. The molecule has 1 nitrogen and oxygen atoms in total. The molecule has 1 fully saturated rings. The van der Waals surface area contributed by atoms with Gasteiger partial charge < -0.3 is 0 Å². The molecular formula is C11H16ClNS. The van der Waals surface area contributed by atoms with E-state index in [4.69, 9.17) is 11.6 Å². The predicted molar refractivity (Wildman–Crippen MR) is 62.3 cm³/mol. The van der Waals surface area contributed by atoms with Crippen LogP contribution in [0.4, 0.5) is 0 Å². The van der Waals surface area contributed by atoms with Gasteiger partial charge in [-0.2, -0.15) is 0 Å². The Kier molecular flexibility index (Phi) is 3.13. The molecule has 0 bridgehead atoms. The van der Waals surface area contributed by atoms with Crippen molar-refractivity contribution in [1.82, 2.24) is 4.98 Å². The van der Waals surface area contributed by atoms with Crippen LogP contribution in [0.1, 0.15) is 34.8 Å². The molecule has 1 atom stereocenters. The second-order valence-electron chi connectivity index (χ2n) is 4.14. The number of hydrogen-bond acceptors (Lipinski definition) is 2. The summed E-state index contributed by atoms with van der Waals surface area (Å²) in [5.74, 6) is 0.804. The van der Waals surface area contributed by atoms with Crippen LogP contribution in [-0.2, 0) is 6.42 Å². The van der Waals surface area contributed by atoms with E-state index in [1.165, 1.54) is 28.4 Å². The van der Waals surface area contributed by atoms with Gasteiger partial charge in [-0.05, 0) is 39.0 Å². The van der Waals surface area contributed by atoms with E-state index in [9.17, 15) is 0 Å². The number of aryl methyl sites for hydroxylation is 3. The van der Waals surface area contributed by atoms with E-state index in [1.807, 2.05) is 11.3 Å². The minimum atomic E-state index is 0.388. The molecule has 1 aromatic heterocycles. The molecular weight excluding hydrogens is 214 g/mol. The normalized spacial score (nSPS) is 18.5. The molecule has 1 unspecified atom stereocenters. The zero-order valence-electron chi connectivity index (χ0n) is 8.72. The van der Waals surface area contributed by atoms with Crippen molar-refractivity contribution in [2.24, 2.45) is 5.92 Å². The zero-order valence-corrected chi connectivity index (χ0v) is 10.3. The van der Waals surface area contributed by atoms with Crippen molar-refractivity contribution in [3.63, 3.8) is 0 Å². The first-order valence-electron chi connectivity index (χ1n) is 5.24. The first-order valence-corrected chi connectivity index (χ1v) is 6.49.